The van der Waals surface area contributed by atoms with E-state index in [2.05, 4.69) is 22.8 Å². The summed E-state index contributed by atoms with van der Waals surface area (Å²) in [5.41, 5.74) is 0. The molecule has 0 aliphatic carbocycles. The Balaban J connectivity index is 1.72. The zero-order chi connectivity index (χ0) is 8.93. The average Bonchev–Trinajstić information content (AvgIpc) is 2.69. The van der Waals surface area contributed by atoms with Crippen LogP contribution in [0.5, 0.6) is 0 Å². The molecule has 1 saturated heterocycles. The predicted molar refractivity (Wildman–Crippen MR) is 60.6 cm³/mol. The summed E-state index contributed by atoms with van der Waals surface area (Å²) < 4.78 is 1.46. The number of rotatable bonds is 3. The summed E-state index contributed by atoms with van der Waals surface area (Å²) in [4.78, 5) is 0. The Morgan fingerprint density at radius 2 is 2.62 bits per heavy atom. The van der Waals surface area contributed by atoms with Crippen LogP contribution in [0.4, 0.5) is 0 Å². The summed E-state index contributed by atoms with van der Waals surface area (Å²) in [5, 5.41) is 5.61. The minimum absolute atomic E-state index is 0.890. The van der Waals surface area contributed by atoms with Crippen LogP contribution in [0, 0.1) is 5.92 Å². The molecule has 0 amide bonds. The van der Waals surface area contributed by atoms with E-state index in [1.54, 1.807) is 0 Å². The monoisotopic (exact) mass is 213 g/mol. The second-order valence-corrected chi connectivity index (χ2v) is 5.72. The molecule has 0 radical (unpaired) electrons. The first-order valence-electron chi connectivity index (χ1n) is 4.82. The lowest BCUT2D eigenvalue weighted by Gasteiger charge is -2.21. The van der Waals surface area contributed by atoms with Crippen LogP contribution in [0.25, 0.3) is 0 Å². The van der Waals surface area contributed by atoms with Crippen LogP contribution in [0.15, 0.2) is 21.7 Å². The van der Waals surface area contributed by atoms with E-state index in [9.17, 15) is 0 Å². The quantitative estimate of drug-likeness (QED) is 0.775. The van der Waals surface area contributed by atoms with Crippen molar-refractivity contribution in [3.8, 4) is 0 Å². The molecule has 0 bridgehead atoms. The Hall–Kier alpha value is 0.01000. The summed E-state index contributed by atoms with van der Waals surface area (Å²) >= 11 is 3.87. The maximum atomic E-state index is 3.45. The minimum atomic E-state index is 0.890. The lowest BCUT2D eigenvalue weighted by Crippen LogP contribution is -2.30. The number of piperidine rings is 1. The number of nitrogens with one attached hydrogen (secondary N) is 1. The van der Waals surface area contributed by atoms with E-state index >= 15 is 0 Å². The molecular weight excluding hydrogens is 198 g/mol. The van der Waals surface area contributed by atoms with Crippen LogP contribution in [0.2, 0.25) is 0 Å². The fourth-order valence-electron chi connectivity index (χ4n) is 1.61. The Morgan fingerprint density at radius 1 is 1.62 bits per heavy atom. The van der Waals surface area contributed by atoms with Crippen LogP contribution in [-0.4, -0.2) is 18.8 Å². The Labute approximate surface area is 87.9 Å². The second-order valence-electron chi connectivity index (χ2n) is 3.46. The Kier molecular flexibility index (Phi) is 3.70. The third-order valence-electron chi connectivity index (χ3n) is 2.36. The number of hydrogen-bond acceptors (Lipinski definition) is 3. The number of thioether (sulfide) groups is 1. The van der Waals surface area contributed by atoms with Gasteiger partial charge in [-0.15, -0.1) is 23.1 Å². The van der Waals surface area contributed by atoms with E-state index in [1.165, 1.54) is 35.9 Å². The second kappa shape index (κ2) is 5.03. The molecule has 1 atom stereocenters. The van der Waals surface area contributed by atoms with Crippen molar-refractivity contribution in [2.75, 3.05) is 18.8 Å². The molecule has 1 aromatic heterocycles. The van der Waals surface area contributed by atoms with Gasteiger partial charge in [0.2, 0.25) is 0 Å². The molecule has 13 heavy (non-hydrogen) atoms. The molecule has 1 N–H and O–H groups in total. The van der Waals surface area contributed by atoms with Crippen molar-refractivity contribution in [2.24, 2.45) is 5.92 Å². The molecule has 1 aromatic rings. The van der Waals surface area contributed by atoms with E-state index in [4.69, 9.17) is 0 Å². The zero-order valence-electron chi connectivity index (χ0n) is 7.66. The summed E-state index contributed by atoms with van der Waals surface area (Å²) in [5.74, 6) is 2.17. The van der Waals surface area contributed by atoms with Crippen LogP contribution in [-0.2, 0) is 0 Å². The fraction of sp³-hybridized carbons (Fsp3) is 0.600. The highest BCUT2D eigenvalue weighted by molar-refractivity contribution is 8.01. The topological polar surface area (TPSA) is 12.0 Å². The number of hydrogen-bond donors (Lipinski definition) is 1. The van der Waals surface area contributed by atoms with Gasteiger partial charge in [-0.25, -0.2) is 0 Å². The van der Waals surface area contributed by atoms with Gasteiger partial charge in [-0.1, -0.05) is 6.07 Å². The van der Waals surface area contributed by atoms with Crippen molar-refractivity contribution in [3.05, 3.63) is 17.5 Å². The number of thiophene rings is 1. The van der Waals surface area contributed by atoms with Crippen molar-refractivity contribution in [1.82, 2.24) is 5.32 Å². The summed E-state index contributed by atoms with van der Waals surface area (Å²) in [7, 11) is 0. The smallest absolute Gasteiger partial charge is 0.0598 e. The largest absolute Gasteiger partial charge is 0.316 e. The highest BCUT2D eigenvalue weighted by Crippen LogP contribution is 2.27. The Bertz CT molecular complexity index is 227. The fourth-order valence-corrected chi connectivity index (χ4v) is 3.56. The third kappa shape index (κ3) is 3.01. The molecule has 2 rings (SSSR count). The van der Waals surface area contributed by atoms with Crippen LogP contribution in [0.3, 0.4) is 0 Å². The zero-order valence-corrected chi connectivity index (χ0v) is 9.29. The van der Waals surface area contributed by atoms with E-state index < -0.39 is 0 Å². The van der Waals surface area contributed by atoms with Crippen LogP contribution < -0.4 is 5.32 Å². The van der Waals surface area contributed by atoms with Gasteiger partial charge in [-0.3, -0.25) is 0 Å². The van der Waals surface area contributed by atoms with E-state index in [0.717, 1.165) is 5.92 Å². The van der Waals surface area contributed by atoms with Gasteiger partial charge in [0.1, 0.15) is 0 Å². The molecule has 0 saturated carbocycles. The minimum Gasteiger partial charge on any atom is -0.316 e. The molecule has 0 aromatic carbocycles. The van der Waals surface area contributed by atoms with Crippen LogP contribution in [0.1, 0.15) is 12.8 Å². The molecule has 1 aliphatic rings. The van der Waals surface area contributed by atoms with Crippen molar-refractivity contribution in [1.29, 1.82) is 0 Å². The SMILES string of the molecule is c1csc(SCC2CCCNC2)c1. The normalized spacial score (nSPS) is 23.2. The van der Waals surface area contributed by atoms with Crippen LogP contribution >= 0.6 is 23.1 Å². The Morgan fingerprint density at radius 3 is 3.31 bits per heavy atom. The molecule has 0 spiro atoms. The molecule has 2 heterocycles. The first kappa shape index (κ1) is 9.56. The molecular formula is C10H15NS2. The standard InChI is InChI=1S/C10H15NS2/c1-3-9(7-11-5-1)8-13-10-4-2-6-12-10/h2,4,6,9,11H,1,3,5,7-8H2. The van der Waals surface area contributed by atoms with Gasteiger partial charge in [0, 0.05) is 5.75 Å². The molecule has 1 fully saturated rings. The predicted octanol–water partition coefficient (Wildman–Crippen LogP) is 2.84. The van der Waals surface area contributed by atoms with Gasteiger partial charge in [0.15, 0.2) is 0 Å². The first-order chi connectivity index (χ1) is 6.45. The van der Waals surface area contributed by atoms with Crippen molar-refractivity contribution >= 4 is 23.1 Å². The molecule has 1 unspecified atom stereocenters. The summed E-state index contributed by atoms with van der Waals surface area (Å²) in [6.45, 7) is 2.44. The highest BCUT2D eigenvalue weighted by Gasteiger charge is 2.12. The first-order valence-corrected chi connectivity index (χ1v) is 6.69. The molecule has 1 aliphatic heterocycles. The van der Waals surface area contributed by atoms with Gasteiger partial charge in [-0.2, -0.15) is 0 Å². The maximum absolute atomic E-state index is 3.45. The summed E-state index contributed by atoms with van der Waals surface area (Å²) in [6, 6.07) is 4.34. The molecule has 1 nitrogen and oxygen atoms in total. The van der Waals surface area contributed by atoms with E-state index in [-0.39, 0.29) is 0 Å². The van der Waals surface area contributed by atoms with Crippen molar-refractivity contribution < 1.29 is 0 Å². The van der Waals surface area contributed by atoms with Crippen molar-refractivity contribution in [2.45, 2.75) is 17.1 Å². The maximum Gasteiger partial charge on any atom is 0.0598 e. The van der Waals surface area contributed by atoms with Gasteiger partial charge < -0.3 is 5.32 Å². The third-order valence-corrected chi connectivity index (χ3v) is 4.72. The van der Waals surface area contributed by atoms with E-state index in [0.29, 0.717) is 0 Å². The average molecular weight is 213 g/mol. The lowest BCUT2D eigenvalue weighted by atomic mass is 10.0. The van der Waals surface area contributed by atoms with Gasteiger partial charge in [-0.05, 0) is 43.3 Å². The van der Waals surface area contributed by atoms with Gasteiger partial charge in [0.25, 0.3) is 0 Å². The summed E-state index contributed by atoms with van der Waals surface area (Å²) in [6.07, 6.45) is 2.76. The lowest BCUT2D eigenvalue weighted by molar-refractivity contribution is 0.410. The van der Waals surface area contributed by atoms with Gasteiger partial charge in [0.05, 0.1) is 4.21 Å². The molecule has 72 valence electrons. The van der Waals surface area contributed by atoms with E-state index in [1.807, 2.05) is 23.1 Å². The highest BCUT2D eigenvalue weighted by atomic mass is 32.2. The van der Waals surface area contributed by atoms with Gasteiger partial charge >= 0.3 is 0 Å². The van der Waals surface area contributed by atoms with Crippen molar-refractivity contribution in [3.63, 3.8) is 0 Å². The molecule has 3 heteroatoms.